The van der Waals surface area contributed by atoms with Gasteiger partial charge >= 0.3 is 0 Å². The predicted molar refractivity (Wildman–Crippen MR) is 87.3 cm³/mol. The lowest BCUT2D eigenvalue weighted by atomic mass is 10.4. The molecule has 1 N–H and O–H groups in total. The van der Waals surface area contributed by atoms with E-state index >= 15 is 0 Å². The lowest BCUT2D eigenvalue weighted by Crippen LogP contribution is -2.41. The third-order valence-electron chi connectivity index (χ3n) is 2.91. The molecule has 1 aromatic heterocycles. The van der Waals surface area contributed by atoms with Gasteiger partial charge in [-0.3, -0.25) is 9.98 Å². The van der Waals surface area contributed by atoms with Gasteiger partial charge in [-0.1, -0.05) is 0 Å². The summed E-state index contributed by atoms with van der Waals surface area (Å²) in [5.74, 6) is 1.78. The molecule has 0 unspecified atom stereocenters. The van der Waals surface area contributed by atoms with E-state index < -0.39 is 0 Å². The Hall–Kier alpha value is -1.05. The molecule has 1 aromatic rings. The molecule has 1 aliphatic heterocycles. The second kappa shape index (κ2) is 8.95. The van der Waals surface area contributed by atoms with Crippen LogP contribution in [0.2, 0.25) is 0 Å². The van der Waals surface area contributed by atoms with Crippen molar-refractivity contribution in [2.24, 2.45) is 4.99 Å². The van der Waals surface area contributed by atoms with Gasteiger partial charge in [0.05, 0.1) is 12.7 Å². The molecule has 6 heteroatoms. The number of aliphatic imine (C=N–C) groups is 1. The SMILES string of the molecule is CN=C(NCCOc1cccnc1)N1CCCC1.I. The van der Waals surface area contributed by atoms with E-state index in [4.69, 9.17) is 4.74 Å². The Balaban J connectivity index is 0.00000180. The van der Waals surface area contributed by atoms with Crippen LogP contribution in [0, 0.1) is 0 Å². The molecule has 2 heterocycles. The van der Waals surface area contributed by atoms with Gasteiger partial charge in [0, 0.05) is 26.3 Å². The van der Waals surface area contributed by atoms with Crippen LogP contribution >= 0.6 is 24.0 Å². The van der Waals surface area contributed by atoms with Gasteiger partial charge in [-0.05, 0) is 25.0 Å². The average molecular weight is 376 g/mol. The van der Waals surface area contributed by atoms with Crippen LogP contribution in [0.1, 0.15) is 12.8 Å². The van der Waals surface area contributed by atoms with Crippen molar-refractivity contribution in [3.63, 3.8) is 0 Å². The fraction of sp³-hybridized carbons (Fsp3) is 0.538. The Morgan fingerprint density at radius 3 is 2.89 bits per heavy atom. The van der Waals surface area contributed by atoms with Gasteiger partial charge < -0.3 is 15.0 Å². The molecule has 1 aliphatic rings. The van der Waals surface area contributed by atoms with Crippen molar-refractivity contribution < 1.29 is 4.74 Å². The van der Waals surface area contributed by atoms with Crippen molar-refractivity contribution in [2.45, 2.75) is 12.8 Å². The van der Waals surface area contributed by atoms with Gasteiger partial charge in [0.25, 0.3) is 0 Å². The van der Waals surface area contributed by atoms with Crippen molar-refractivity contribution in [1.29, 1.82) is 0 Å². The van der Waals surface area contributed by atoms with Crippen LogP contribution < -0.4 is 10.1 Å². The Morgan fingerprint density at radius 1 is 1.47 bits per heavy atom. The number of halogens is 1. The number of hydrogen-bond acceptors (Lipinski definition) is 3. The van der Waals surface area contributed by atoms with Gasteiger partial charge in [-0.25, -0.2) is 0 Å². The molecular formula is C13H21IN4O. The van der Waals surface area contributed by atoms with E-state index in [1.165, 1.54) is 12.8 Å². The minimum absolute atomic E-state index is 0. The molecule has 19 heavy (non-hydrogen) atoms. The average Bonchev–Trinajstić information content (AvgIpc) is 2.94. The molecule has 106 valence electrons. The maximum atomic E-state index is 5.57. The largest absolute Gasteiger partial charge is 0.490 e. The standard InChI is InChI=1S/C13H20N4O.HI/c1-14-13(17-8-2-3-9-17)16-7-10-18-12-5-4-6-15-11-12;/h4-6,11H,2-3,7-10H2,1H3,(H,14,16);1H. The molecule has 2 rings (SSSR count). The zero-order chi connectivity index (χ0) is 12.6. The summed E-state index contributed by atoms with van der Waals surface area (Å²) >= 11 is 0. The number of rotatable bonds is 4. The van der Waals surface area contributed by atoms with Crippen LogP contribution in [0.25, 0.3) is 0 Å². The minimum atomic E-state index is 0. The third kappa shape index (κ3) is 5.22. The molecule has 1 fully saturated rings. The van der Waals surface area contributed by atoms with E-state index in [0.717, 1.165) is 31.3 Å². The number of pyridine rings is 1. The van der Waals surface area contributed by atoms with Crippen LogP contribution in [0.3, 0.4) is 0 Å². The van der Waals surface area contributed by atoms with Crippen molar-refractivity contribution in [3.8, 4) is 5.75 Å². The maximum Gasteiger partial charge on any atom is 0.193 e. The Labute approximate surface area is 131 Å². The first-order valence-corrected chi connectivity index (χ1v) is 6.38. The molecule has 0 bridgehead atoms. The summed E-state index contributed by atoms with van der Waals surface area (Å²) in [6, 6.07) is 3.77. The maximum absolute atomic E-state index is 5.57. The molecule has 0 aromatic carbocycles. The summed E-state index contributed by atoms with van der Waals surface area (Å²) in [5.41, 5.74) is 0. The summed E-state index contributed by atoms with van der Waals surface area (Å²) in [7, 11) is 1.82. The first kappa shape index (κ1) is 16.0. The fourth-order valence-corrected chi connectivity index (χ4v) is 2.03. The second-order valence-electron chi connectivity index (χ2n) is 4.21. The van der Waals surface area contributed by atoms with E-state index in [0.29, 0.717) is 6.61 Å². The third-order valence-corrected chi connectivity index (χ3v) is 2.91. The van der Waals surface area contributed by atoms with E-state index in [9.17, 15) is 0 Å². The topological polar surface area (TPSA) is 49.8 Å². The predicted octanol–water partition coefficient (Wildman–Crippen LogP) is 1.75. The first-order chi connectivity index (χ1) is 8.90. The number of guanidine groups is 1. The Bertz CT molecular complexity index is 379. The molecule has 0 amide bonds. The summed E-state index contributed by atoms with van der Waals surface area (Å²) in [5, 5.41) is 3.31. The van der Waals surface area contributed by atoms with E-state index in [2.05, 4.69) is 20.2 Å². The minimum Gasteiger partial charge on any atom is -0.490 e. The smallest absolute Gasteiger partial charge is 0.193 e. The van der Waals surface area contributed by atoms with Crippen LogP contribution in [-0.2, 0) is 0 Å². The number of aromatic nitrogens is 1. The second-order valence-corrected chi connectivity index (χ2v) is 4.21. The summed E-state index contributed by atoms with van der Waals surface area (Å²) in [4.78, 5) is 10.6. The molecule has 1 saturated heterocycles. The quantitative estimate of drug-likeness (QED) is 0.377. The van der Waals surface area contributed by atoms with Crippen molar-refractivity contribution in [1.82, 2.24) is 15.2 Å². The van der Waals surface area contributed by atoms with Gasteiger partial charge in [-0.15, -0.1) is 24.0 Å². The van der Waals surface area contributed by atoms with Crippen LogP contribution in [0.5, 0.6) is 5.75 Å². The Kier molecular flexibility index (Phi) is 7.54. The number of nitrogens with one attached hydrogen (secondary N) is 1. The zero-order valence-corrected chi connectivity index (χ0v) is 13.5. The van der Waals surface area contributed by atoms with Gasteiger partial charge in [-0.2, -0.15) is 0 Å². The normalized spacial score (nSPS) is 15.0. The summed E-state index contributed by atoms with van der Waals surface area (Å²) < 4.78 is 5.57. The first-order valence-electron chi connectivity index (χ1n) is 6.38. The van der Waals surface area contributed by atoms with E-state index in [1.54, 1.807) is 12.4 Å². The Morgan fingerprint density at radius 2 is 2.26 bits per heavy atom. The fourth-order valence-electron chi connectivity index (χ4n) is 2.03. The van der Waals surface area contributed by atoms with E-state index in [1.807, 2.05) is 19.2 Å². The molecule has 0 aliphatic carbocycles. The summed E-state index contributed by atoms with van der Waals surface area (Å²) in [6.45, 7) is 3.56. The number of hydrogen-bond donors (Lipinski definition) is 1. The molecule has 0 atom stereocenters. The lowest BCUT2D eigenvalue weighted by Gasteiger charge is -2.20. The lowest BCUT2D eigenvalue weighted by molar-refractivity contribution is 0.318. The molecular weight excluding hydrogens is 355 g/mol. The van der Waals surface area contributed by atoms with Gasteiger partial charge in [0.15, 0.2) is 5.96 Å². The van der Waals surface area contributed by atoms with E-state index in [-0.39, 0.29) is 24.0 Å². The van der Waals surface area contributed by atoms with Crippen LogP contribution in [0.4, 0.5) is 0 Å². The molecule has 0 saturated carbocycles. The van der Waals surface area contributed by atoms with Crippen LogP contribution in [-0.4, -0.2) is 49.1 Å². The molecule has 0 radical (unpaired) electrons. The highest BCUT2D eigenvalue weighted by Gasteiger charge is 2.14. The monoisotopic (exact) mass is 376 g/mol. The van der Waals surface area contributed by atoms with Crippen molar-refractivity contribution in [3.05, 3.63) is 24.5 Å². The van der Waals surface area contributed by atoms with Gasteiger partial charge in [0.1, 0.15) is 12.4 Å². The number of ether oxygens (including phenoxy) is 1. The highest BCUT2D eigenvalue weighted by Crippen LogP contribution is 2.07. The molecule has 0 spiro atoms. The van der Waals surface area contributed by atoms with Gasteiger partial charge in [0.2, 0.25) is 0 Å². The molecule has 5 nitrogen and oxygen atoms in total. The highest BCUT2D eigenvalue weighted by molar-refractivity contribution is 14.0. The van der Waals surface area contributed by atoms with Crippen molar-refractivity contribution in [2.75, 3.05) is 33.3 Å². The summed E-state index contributed by atoms with van der Waals surface area (Å²) in [6.07, 6.45) is 5.97. The zero-order valence-electron chi connectivity index (χ0n) is 11.2. The number of nitrogens with zero attached hydrogens (tertiary/aromatic N) is 3. The number of likely N-dealkylation sites (tertiary alicyclic amines) is 1. The van der Waals surface area contributed by atoms with Crippen molar-refractivity contribution >= 4 is 29.9 Å². The van der Waals surface area contributed by atoms with Crippen LogP contribution in [0.15, 0.2) is 29.5 Å². The highest BCUT2D eigenvalue weighted by atomic mass is 127.